The largest absolute Gasteiger partial charge is 0.310 e. The molecule has 0 aliphatic heterocycles. The zero-order valence-corrected chi connectivity index (χ0v) is 13.3. The van der Waals surface area contributed by atoms with Crippen molar-refractivity contribution in [3.05, 3.63) is 42.5 Å². The van der Waals surface area contributed by atoms with Gasteiger partial charge in [0, 0.05) is 25.7 Å². The fraction of sp³-hybridized carbons (Fsp3) is 0.467. The van der Waals surface area contributed by atoms with E-state index in [-0.39, 0.29) is 0 Å². The highest BCUT2D eigenvalue weighted by molar-refractivity contribution is 7.89. The molecule has 20 heavy (non-hydrogen) atoms. The molecule has 1 rings (SSSR count). The summed E-state index contributed by atoms with van der Waals surface area (Å²) in [5.74, 6) is 0. The van der Waals surface area contributed by atoms with Crippen molar-refractivity contribution in [1.82, 2.24) is 9.62 Å². The van der Waals surface area contributed by atoms with E-state index in [1.165, 1.54) is 4.31 Å². The number of likely N-dealkylation sites (N-methyl/N-ethyl adjacent to an activating group) is 1. The van der Waals surface area contributed by atoms with Gasteiger partial charge >= 0.3 is 0 Å². The third-order valence-electron chi connectivity index (χ3n) is 2.94. The van der Waals surface area contributed by atoms with Crippen molar-refractivity contribution in [3.63, 3.8) is 0 Å². The van der Waals surface area contributed by atoms with E-state index in [9.17, 15) is 8.42 Å². The molecule has 0 saturated carbocycles. The van der Waals surface area contributed by atoms with E-state index in [1.54, 1.807) is 24.3 Å². The van der Waals surface area contributed by atoms with Crippen molar-refractivity contribution in [2.45, 2.75) is 38.3 Å². The van der Waals surface area contributed by atoms with Gasteiger partial charge in [0.05, 0.1) is 4.90 Å². The van der Waals surface area contributed by atoms with Gasteiger partial charge in [-0.2, -0.15) is 4.31 Å². The molecule has 0 atom stereocenters. The lowest BCUT2D eigenvalue weighted by atomic mass is 10.2. The van der Waals surface area contributed by atoms with Gasteiger partial charge in [0.25, 0.3) is 0 Å². The first-order valence-electron chi connectivity index (χ1n) is 6.85. The summed E-state index contributed by atoms with van der Waals surface area (Å²) in [6, 6.07) is 7.45. The van der Waals surface area contributed by atoms with Crippen LogP contribution in [0, 0.1) is 0 Å². The maximum Gasteiger partial charge on any atom is 0.243 e. The van der Waals surface area contributed by atoms with Crippen LogP contribution in [0.5, 0.6) is 0 Å². The number of nitrogens with one attached hydrogen (secondary N) is 1. The second kappa shape index (κ2) is 7.57. The predicted octanol–water partition coefficient (Wildman–Crippen LogP) is 2.38. The van der Waals surface area contributed by atoms with Crippen LogP contribution in [-0.4, -0.2) is 31.9 Å². The Morgan fingerprint density at radius 2 is 2.10 bits per heavy atom. The maximum atomic E-state index is 12.5. The Balaban J connectivity index is 3.00. The molecule has 0 aliphatic rings. The SMILES string of the molecule is C=CCN(CC)S(=O)(=O)c1cccc(CNC(C)C)c1. The average Bonchev–Trinajstić information content (AvgIpc) is 2.42. The number of nitrogens with zero attached hydrogens (tertiary/aromatic N) is 1. The molecule has 0 fully saturated rings. The number of hydrogen-bond donors (Lipinski definition) is 1. The van der Waals surface area contributed by atoms with Crippen LogP contribution in [0.1, 0.15) is 26.3 Å². The van der Waals surface area contributed by atoms with Gasteiger partial charge in [0.15, 0.2) is 0 Å². The molecule has 1 aromatic rings. The molecule has 0 unspecified atom stereocenters. The Morgan fingerprint density at radius 3 is 2.65 bits per heavy atom. The monoisotopic (exact) mass is 296 g/mol. The Morgan fingerprint density at radius 1 is 1.40 bits per heavy atom. The van der Waals surface area contributed by atoms with E-state index >= 15 is 0 Å². The second-order valence-electron chi connectivity index (χ2n) is 4.93. The normalized spacial score (nSPS) is 12.1. The summed E-state index contributed by atoms with van der Waals surface area (Å²) in [4.78, 5) is 0.337. The van der Waals surface area contributed by atoms with Crippen molar-refractivity contribution >= 4 is 10.0 Å². The molecule has 112 valence electrons. The highest BCUT2D eigenvalue weighted by atomic mass is 32.2. The Labute approximate surface area is 122 Å². The smallest absolute Gasteiger partial charge is 0.243 e. The lowest BCUT2D eigenvalue weighted by Crippen LogP contribution is -2.31. The number of hydrogen-bond acceptors (Lipinski definition) is 3. The van der Waals surface area contributed by atoms with Crippen LogP contribution in [0.2, 0.25) is 0 Å². The van der Waals surface area contributed by atoms with Crippen molar-refractivity contribution in [3.8, 4) is 0 Å². The van der Waals surface area contributed by atoms with E-state index in [1.807, 2.05) is 13.0 Å². The predicted molar refractivity (Wildman–Crippen MR) is 83.0 cm³/mol. The summed E-state index contributed by atoms with van der Waals surface area (Å²) in [6.07, 6.45) is 1.60. The summed E-state index contributed by atoms with van der Waals surface area (Å²) in [5, 5.41) is 3.28. The molecular formula is C15H24N2O2S. The van der Waals surface area contributed by atoms with E-state index in [0.29, 0.717) is 30.6 Å². The van der Waals surface area contributed by atoms with Gasteiger partial charge in [0.1, 0.15) is 0 Å². The maximum absolute atomic E-state index is 12.5. The Kier molecular flexibility index (Phi) is 6.39. The molecule has 1 aromatic carbocycles. The van der Waals surface area contributed by atoms with Crippen LogP contribution >= 0.6 is 0 Å². The number of sulfonamides is 1. The summed E-state index contributed by atoms with van der Waals surface area (Å²) >= 11 is 0. The van der Waals surface area contributed by atoms with Crippen molar-refractivity contribution in [2.24, 2.45) is 0 Å². The van der Waals surface area contributed by atoms with Crippen molar-refractivity contribution < 1.29 is 8.42 Å². The van der Waals surface area contributed by atoms with Crippen LogP contribution in [-0.2, 0) is 16.6 Å². The molecule has 0 radical (unpaired) electrons. The van der Waals surface area contributed by atoms with Gasteiger partial charge in [0.2, 0.25) is 10.0 Å². The van der Waals surface area contributed by atoms with E-state index in [2.05, 4.69) is 25.7 Å². The zero-order chi connectivity index (χ0) is 15.2. The van der Waals surface area contributed by atoms with E-state index in [4.69, 9.17) is 0 Å². The fourth-order valence-corrected chi connectivity index (χ4v) is 3.32. The molecule has 0 bridgehead atoms. The first-order chi connectivity index (χ1) is 9.41. The van der Waals surface area contributed by atoms with Gasteiger partial charge in [-0.25, -0.2) is 8.42 Å². The first-order valence-corrected chi connectivity index (χ1v) is 8.29. The Hall–Kier alpha value is -1.17. The highest BCUT2D eigenvalue weighted by Gasteiger charge is 2.21. The molecular weight excluding hydrogens is 272 g/mol. The molecule has 4 nitrogen and oxygen atoms in total. The Bertz CT molecular complexity index is 539. The molecule has 0 aliphatic carbocycles. The molecule has 0 saturated heterocycles. The van der Waals surface area contributed by atoms with E-state index in [0.717, 1.165) is 5.56 Å². The summed E-state index contributed by atoms with van der Waals surface area (Å²) in [7, 11) is -3.44. The lowest BCUT2D eigenvalue weighted by molar-refractivity contribution is 0.459. The minimum Gasteiger partial charge on any atom is -0.310 e. The quantitative estimate of drug-likeness (QED) is 0.749. The average molecular weight is 296 g/mol. The molecule has 0 amide bonds. The second-order valence-corrected chi connectivity index (χ2v) is 6.87. The topological polar surface area (TPSA) is 49.4 Å². The fourth-order valence-electron chi connectivity index (χ4n) is 1.83. The molecule has 0 aromatic heterocycles. The third-order valence-corrected chi connectivity index (χ3v) is 4.87. The van der Waals surface area contributed by atoms with Crippen LogP contribution in [0.25, 0.3) is 0 Å². The highest BCUT2D eigenvalue weighted by Crippen LogP contribution is 2.17. The summed E-state index contributed by atoms with van der Waals surface area (Å²) in [5.41, 5.74) is 0.967. The third kappa shape index (κ3) is 4.44. The standard InChI is InChI=1S/C15H24N2O2S/c1-5-10-17(6-2)20(18,19)15-9-7-8-14(11-15)12-16-13(3)4/h5,7-9,11,13,16H,1,6,10,12H2,2-4H3. The van der Waals surface area contributed by atoms with Crippen molar-refractivity contribution in [1.29, 1.82) is 0 Å². The minimum atomic E-state index is -3.44. The van der Waals surface area contributed by atoms with Crippen LogP contribution < -0.4 is 5.32 Å². The van der Waals surface area contributed by atoms with E-state index < -0.39 is 10.0 Å². The first kappa shape index (κ1) is 16.9. The molecule has 5 heteroatoms. The molecule has 1 N–H and O–H groups in total. The van der Waals surface area contributed by atoms with Crippen LogP contribution in [0.3, 0.4) is 0 Å². The van der Waals surface area contributed by atoms with Crippen molar-refractivity contribution in [2.75, 3.05) is 13.1 Å². The number of rotatable bonds is 8. The minimum absolute atomic E-state index is 0.327. The van der Waals surface area contributed by atoms with Gasteiger partial charge in [-0.15, -0.1) is 6.58 Å². The lowest BCUT2D eigenvalue weighted by Gasteiger charge is -2.19. The van der Waals surface area contributed by atoms with Crippen LogP contribution in [0.15, 0.2) is 41.8 Å². The van der Waals surface area contributed by atoms with Gasteiger partial charge in [-0.1, -0.05) is 39.0 Å². The van der Waals surface area contributed by atoms with Gasteiger partial charge < -0.3 is 5.32 Å². The molecule has 0 spiro atoms. The van der Waals surface area contributed by atoms with Crippen LogP contribution in [0.4, 0.5) is 0 Å². The summed E-state index contributed by atoms with van der Waals surface area (Å²) < 4.78 is 26.4. The molecule has 0 heterocycles. The zero-order valence-electron chi connectivity index (χ0n) is 12.5. The summed E-state index contributed by atoms with van der Waals surface area (Å²) in [6.45, 7) is 11.0. The number of benzene rings is 1. The van der Waals surface area contributed by atoms with Gasteiger partial charge in [-0.3, -0.25) is 0 Å². The van der Waals surface area contributed by atoms with Gasteiger partial charge in [-0.05, 0) is 17.7 Å².